The summed E-state index contributed by atoms with van der Waals surface area (Å²) in [5.74, 6) is -1.04. The smallest absolute Gasteiger partial charge is 0.326 e. The lowest BCUT2D eigenvalue weighted by Gasteiger charge is -2.24. The van der Waals surface area contributed by atoms with Gasteiger partial charge >= 0.3 is 5.97 Å². The lowest BCUT2D eigenvalue weighted by atomic mass is 9.92. The Morgan fingerprint density at radius 1 is 1.33 bits per heavy atom. The number of aliphatic carboxylic acids is 1. The molecule has 0 aliphatic heterocycles. The molecule has 0 aliphatic rings. The van der Waals surface area contributed by atoms with Crippen LogP contribution in [0.1, 0.15) is 27.2 Å². The number of hydrogen-bond acceptors (Lipinski definition) is 2. The number of nitrogens with one attached hydrogen (secondary N) is 1. The van der Waals surface area contributed by atoms with E-state index in [2.05, 4.69) is 5.32 Å². The van der Waals surface area contributed by atoms with Gasteiger partial charge in [-0.2, -0.15) is 0 Å². The highest BCUT2D eigenvalue weighted by atomic mass is 19.1. The first kappa shape index (κ1) is 14.5. The molecule has 0 bridgehead atoms. The molecule has 2 N–H and O–H groups in total. The summed E-state index contributed by atoms with van der Waals surface area (Å²) in [7, 11) is 0. The van der Waals surface area contributed by atoms with Gasteiger partial charge in [0.05, 0.1) is 5.69 Å². The van der Waals surface area contributed by atoms with Crippen molar-refractivity contribution in [2.24, 2.45) is 11.8 Å². The van der Waals surface area contributed by atoms with Crippen molar-refractivity contribution in [2.75, 3.05) is 5.32 Å². The van der Waals surface area contributed by atoms with E-state index in [0.29, 0.717) is 5.92 Å². The van der Waals surface area contributed by atoms with Gasteiger partial charge in [0.15, 0.2) is 0 Å². The highest BCUT2D eigenvalue weighted by Gasteiger charge is 2.25. The van der Waals surface area contributed by atoms with Crippen LogP contribution in [0, 0.1) is 17.7 Å². The summed E-state index contributed by atoms with van der Waals surface area (Å²) in [4.78, 5) is 11.3. The van der Waals surface area contributed by atoms with E-state index in [-0.39, 0.29) is 11.6 Å². The number of halogens is 1. The first-order valence-electron chi connectivity index (χ1n) is 6.15. The zero-order valence-electron chi connectivity index (χ0n) is 11.0. The molecule has 1 aromatic rings. The van der Waals surface area contributed by atoms with Gasteiger partial charge in [0.25, 0.3) is 0 Å². The van der Waals surface area contributed by atoms with Gasteiger partial charge in [0.1, 0.15) is 11.9 Å². The van der Waals surface area contributed by atoms with Gasteiger partial charge in [-0.05, 0) is 30.4 Å². The zero-order valence-corrected chi connectivity index (χ0v) is 11.0. The van der Waals surface area contributed by atoms with Gasteiger partial charge in [0, 0.05) is 0 Å². The first-order valence-corrected chi connectivity index (χ1v) is 6.15. The first-order chi connectivity index (χ1) is 8.41. The molecule has 1 rings (SSSR count). The number of rotatable bonds is 6. The number of carboxylic acids is 1. The maximum absolute atomic E-state index is 13.5. The minimum atomic E-state index is -0.952. The largest absolute Gasteiger partial charge is 0.480 e. The molecule has 0 amide bonds. The molecule has 0 saturated heterocycles. The standard InChI is InChI=1S/C14H20FNO2/c1-9(2)8-10(3)13(14(17)18)16-12-7-5-4-6-11(12)15/h4-7,9-10,13,16H,8H2,1-3H3,(H,17,18). The molecule has 1 aromatic carbocycles. The Kier molecular flexibility index (Phi) is 5.13. The summed E-state index contributed by atoms with van der Waals surface area (Å²) < 4.78 is 13.5. The Labute approximate surface area is 107 Å². The van der Waals surface area contributed by atoms with Gasteiger partial charge in [-0.15, -0.1) is 0 Å². The molecule has 2 unspecified atom stereocenters. The summed E-state index contributed by atoms with van der Waals surface area (Å²) in [6.45, 7) is 5.95. The molecule has 0 fully saturated rings. The van der Waals surface area contributed by atoms with Gasteiger partial charge < -0.3 is 10.4 Å². The van der Waals surface area contributed by atoms with E-state index in [1.54, 1.807) is 18.2 Å². The van der Waals surface area contributed by atoms with Crippen LogP contribution >= 0.6 is 0 Å². The SMILES string of the molecule is CC(C)CC(C)C(Nc1ccccc1F)C(=O)O. The second-order valence-electron chi connectivity index (χ2n) is 5.05. The summed E-state index contributed by atoms with van der Waals surface area (Å²) in [5, 5.41) is 12.0. The molecule has 2 atom stereocenters. The van der Waals surface area contributed by atoms with Crippen LogP contribution in [0.4, 0.5) is 10.1 Å². The predicted molar refractivity (Wildman–Crippen MR) is 70.1 cm³/mol. The number of carbonyl (C=O) groups is 1. The number of para-hydroxylation sites is 1. The topological polar surface area (TPSA) is 49.3 Å². The van der Waals surface area contributed by atoms with Crippen LogP contribution < -0.4 is 5.32 Å². The van der Waals surface area contributed by atoms with Crippen molar-refractivity contribution in [3.05, 3.63) is 30.1 Å². The molecule has 0 saturated carbocycles. The Morgan fingerprint density at radius 3 is 2.44 bits per heavy atom. The normalized spacial score (nSPS) is 14.3. The second kappa shape index (κ2) is 6.38. The van der Waals surface area contributed by atoms with Crippen molar-refractivity contribution in [3.63, 3.8) is 0 Å². The molecular weight excluding hydrogens is 233 g/mol. The van der Waals surface area contributed by atoms with E-state index < -0.39 is 17.8 Å². The Hall–Kier alpha value is -1.58. The average Bonchev–Trinajstić information content (AvgIpc) is 2.26. The molecule has 0 aromatic heterocycles. The maximum Gasteiger partial charge on any atom is 0.326 e. The molecule has 18 heavy (non-hydrogen) atoms. The summed E-state index contributed by atoms with van der Waals surface area (Å²) in [6.07, 6.45) is 0.776. The second-order valence-corrected chi connectivity index (χ2v) is 5.05. The number of anilines is 1. The van der Waals surface area contributed by atoms with Gasteiger partial charge in [-0.1, -0.05) is 32.9 Å². The quantitative estimate of drug-likeness (QED) is 0.817. The molecule has 100 valence electrons. The van der Waals surface area contributed by atoms with E-state index in [1.807, 2.05) is 20.8 Å². The monoisotopic (exact) mass is 253 g/mol. The van der Waals surface area contributed by atoms with Gasteiger partial charge in [-0.3, -0.25) is 0 Å². The number of hydrogen-bond donors (Lipinski definition) is 2. The van der Waals surface area contributed by atoms with Crippen molar-refractivity contribution >= 4 is 11.7 Å². The molecule has 3 nitrogen and oxygen atoms in total. The van der Waals surface area contributed by atoms with Crippen LogP contribution in [0.3, 0.4) is 0 Å². The third kappa shape index (κ3) is 4.02. The van der Waals surface area contributed by atoms with E-state index in [0.717, 1.165) is 6.42 Å². The van der Waals surface area contributed by atoms with Gasteiger partial charge in [-0.25, -0.2) is 9.18 Å². The minimum Gasteiger partial charge on any atom is -0.480 e. The molecule has 4 heteroatoms. The fourth-order valence-electron chi connectivity index (χ4n) is 2.07. The fraction of sp³-hybridized carbons (Fsp3) is 0.500. The molecule has 0 heterocycles. The van der Waals surface area contributed by atoms with Crippen LogP contribution in [0.15, 0.2) is 24.3 Å². The average molecular weight is 253 g/mol. The van der Waals surface area contributed by atoms with E-state index in [4.69, 9.17) is 0 Å². The Balaban J connectivity index is 2.81. The number of benzene rings is 1. The Morgan fingerprint density at radius 2 is 1.94 bits per heavy atom. The van der Waals surface area contributed by atoms with Crippen LogP contribution in [0.25, 0.3) is 0 Å². The van der Waals surface area contributed by atoms with E-state index >= 15 is 0 Å². The lowest BCUT2D eigenvalue weighted by molar-refractivity contribution is -0.139. The third-order valence-corrected chi connectivity index (χ3v) is 2.86. The van der Waals surface area contributed by atoms with E-state index in [9.17, 15) is 14.3 Å². The van der Waals surface area contributed by atoms with Crippen molar-refractivity contribution in [3.8, 4) is 0 Å². The third-order valence-electron chi connectivity index (χ3n) is 2.86. The summed E-state index contributed by atoms with van der Waals surface area (Å²) >= 11 is 0. The maximum atomic E-state index is 13.5. The lowest BCUT2D eigenvalue weighted by Crippen LogP contribution is -2.36. The predicted octanol–water partition coefficient (Wildman–Crippen LogP) is 3.37. The summed E-state index contributed by atoms with van der Waals surface area (Å²) in [6, 6.07) is 5.34. The summed E-state index contributed by atoms with van der Waals surface area (Å²) in [5.41, 5.74) is 0.237. The van der Waals surface area contributed by atoms with Crippen molar-refractivity contribution in [2.45, 2.75) is 33.2 Å². The highest BCUT2D eigenvalue weighted by Crippen LogP contribution is 2.21. The minimum absolute atomic E-state index is 0.0675. The van der Waals surface area contributed by atoms with Crippen LogP contribution in [0.2, 0.25) is 0 Å². The van der Waals surface area contributed by atoms with Crippen molar-refractivity contribution in [1.82, 2.24) is 0 Å². The molecular formula is C14H20FNO2. The van der Waals surface area contributed by atoms with E-state index in [1.165, 1.54) is 6.07 Å². The van der Waals surface area contributed by atoms with Crippen molar-refractivity contribution < 1.29 is 14.3 Å². The zero-order chi connectivity index (χ0) is 13.7. The molecule has 0 spiro atoms. The highest BCUT2D eigenvalue weighted by molar-refractivity contribution is 5.77. The number of carboxylic acid groups (broad SMARTS) is 1. The van der Waals surface area contributed by atoms with Crippen LogP contribution in [-0.4, -0.2) is 17.1 Å². The van der Waals surface area contributed by atoms with Crippen LogP contribution in [0.5, 0.6) is 0 Å². The molecule has 0 radical (unpaired) electrons. The van der Waals surface area contributed by atoms with Crippen molar-refractivity contribution in [1.29, 1.82) is 0 Å². The van der Waals surface area contributed by atoms with Crippen LogP contribution in [-0.2, 0) is 4.79 Å². The van der Waals surface area contributed by atoms with Gasteiger partial charge in [0.2, 0.25) is 0 Å². The molecule has 0 aliphatic carbocycles. The Bertz CT molecular complexity index is 407. The fourth-order valence-corrected chi connectivity index (χ4v) is 2.07.